The fourth-order valence-electron chi connectivity index (χ4n) is 1.36. The summed E-state index contributed by atoms with van der Waals surface area (Å²) in [6.07, 6.45) is 0. The molecule has 2 rings (SSSR count). The normalized spacial score (nSPS) is 12.3. The fraction of sp³-hybridized carbons (Fsp3) is 0.500. The standard InChI is InChI=1S/C10H15N5/c1-10(2,3)7-4-5-8-12-13-9(6-11)15(8)14-7/h4-5H,6,11H2,1-3H3. The summed E-state index contributed by atoms with van der Waals surface area (Å²) < 4.78 is 1.71. The zero-order valence-electron chi connectivity index (χ0n) is 9.23. The van der Waals surface area contributed by atoms with Gasteiger partial charge >= 0.3 is 0 Å². The van der Waals surface area contributed by atoms with E-state index in [2.05, 4.69) is 36.1 Å². The van der Waals surface area contributed by atoms with Gasteiger partial charge in [-0.15, -0.1) is 10.2 Å². The summed E-state index contributed by atoms with van der Waals surface area (Å²) in [5, 5.41) is 12.4. The average molecular weight is 205 g/mol. The number of fused-ring (bicyclic) bond motifs is 1. The molecule has 0 spiro atoms. The maximum absolute atomic E-state index is 5.56. The van der Waals surface area contributed by atoms with Gasteiger partial charge in [0.25, 0.3) is 0 Å². The molecule has 80 valence electrons. The lowest BCUT2D eigenvalue weighted by Crippen LogP contribution is -2.16. The van der Waals surface area contributed by atoms with Crippen LogP contribution in [0.3, 0.4) is 0 Å². The molecule has 0 saturated heterocycles. The predicted molar refractivity (Wildman–Crippen MR) is 57.4 cm³/mol. The fourth-order valence-corrected chi connectivity index (χ4v) is 1.36. The van der Waals surface area contributed by atoms with Gasteiger partial charge in [-0.2, -0.15) is 9.61 Å². The highest BCUT2D eigenvalue weighted by atomic mass is 15.4. The summed E-state index contributed by atoms with van der Waals surface area (Å²) in [7, 11) is 0. The quantitative estimate of drug-likeness (QED) is 0.750. The zero-order valence-corrected chi connectivity index (χ0v) is 9.23. The molecule has 0 aliphatic heterocycles. The molecule has 0 aromatic carbocycles. The summed E-state index contributed by atoms with van der Waals surface area (Å²) in [5.41, 5.74) is 7.32. The van der Waals surface area contributed by atoms with Gasteiger partial charge in [-0.3, -0.25) is 0 Å². The first-order valence-corrected chi connectivity index (χ1v) is 4.94. The van der Waals surface area contributed by atoms with E-state index in [9.17, 15) is 0 Å². The van der Waals surface area contributed by atoms with Crippen LogP contribution in [0.1, 0.15) is 32.3 Å². The monoisotopic (exact) mass is 205 g/mol. The minimum atomic E-state index is 0.0182. The van der Waals surface area contributed by atoms with Crippen LogP contribution in [0.15, 0.2) is 12.1 Å². The Balaban J connectivity index is 2.63. The Bertz CT molecular complexity index is 480. The molecule has 5 nitrogen and oxygen atoms in total. The third-order valence-electron chi connectivity index (χ3n) is 2.28. The van der Waals surface area contributed by atoms with Crippen molar-refractivity contribution in [2.24, 2.45) is 5.73 Å². The first kappa shape index (κ1) is 10.0. The number of aromatic nitrogens is 4. The number of rotatable bonds is 1. The minimum Gasteiger partial charge on any atom is -0.324 e. The van der Waals surface area contributed by atoms with E-state index in [0.29, 0.717) is 12.4 Å². The lowest BCUT2D eigenvalue weighted by Gasteiger charge is -2.17. The van der Waals surface area contributed by atoms with Crippen LogP contribution >= 0.6 is 0 Å². The molecule has 0 unspecified atom stereocenters. The van der Waals surface area contributed by atoms with Crippen LogP contribution in [-0.4, -0.2) is 19.8 Å². The predicted octanol–water partition coefficient (Wildman–Crippen LogP) is 0.880. The third-order valence-corrected chi connectivity index (χ3v) is 2.28. The number of hydrogen-bond donors (Lipinski definition) is 1. The van der Waals surface area contributed by atoms with Crippen LogP contribution < -0.4 is 5.73 Å². The van der Waals surface area contributed by atoms with Crippen molar-refractivity contribution in [3.63, 3.8) is 0 Å². The molecule has 2 heterocycles. The summed E-state index contributed by atoms with van der Waals surface area (Å²) in [6, 6.07) is 3.89. The molecule has 2 aromatic heterocycles. The van der Waals surface area contributed by atoms with Gasteiger partial charge in [0.15, 0.2) is 11.5 Å². The molecule has 2 aromatic rings. The first-order chi connectivity index (χ1) is 7.02. The zero-order chi connectivity index (χ0) is 11.1. The lowest BCUT2D eigenvalue weighted by atomic mass is 9.92. The highest BCUT2D eigenvalue weighted by Gasteiger charge is 2.17. The minimum absolute atomic E-state index is 0.0182. The molecule has 0 bridgehead atoms. The van der Waals surface area contributed by atoms with Crippen molar-refractivity contribution in [2.45, 2.75) is 32.7 Å². The molecule has 0 radical (unpaired) electrons. The third kappa shape index (κ3) is 1.70. The first-order valence-electron chi connectivity index (χ1n) is 4.94. The maximum atomic E-state index is 5.56. The topological polar surface area (TPSA) is 69.1 Å². The molecule has 0 atom stereocenters. The molecule has 0 aliphatic rings. The molecule has 5 heteroatoms. The van der Waals surface area contributed by atoms with E-state index in [0.717, 1.165) is 11.3 Å². The molecule has 2 N–H and O–H groups in total. The van der Waals surface area contributed by atoms with Crippen molar-refractivity contribution in [2.75, 3.05) is 0 Å². The van der Waals surface area contributed by atoms with Crippen LogP contribution in [0, 0.1) is 0 Å². The second-order valence-corrected chi connectivity index (χ2v) is 4.56. The Morgan fingerprint density at radius 2 is 2.00 bits per heavy atom. The Kier molecular flexibility index (Phi) is 2.19. The highest BCUT2D eigenvalue weighted by molar-refractivity contribution is 5.37. The van der Waals surface area contributed by atoms with Gasteiger partial charge in [-0.05, 0) is 12.1 Å². The van der Waals surface area contributed by atoms with Crippen molar-refractivity contribution in [3.8, 4) is 0 Å². The average Bonchev–Trinajstić information content (AvgIpc) is 2.57. The van der Waals surface area contributed by atoms with E-state index in [4.69, 9.17) is 5.73 Å². The summed E-state index contributed by atoms with van der Waals surface area (Å²) >= 11 is 0. The molecule has 15 heavy (non-hydrogen) atoms. The Labute approximate surface area is 88.3 Å². The Morgan fingerprint density at radius 3 is 2.60 bits per heavy atom. The van der Waals surface area contributed by atoms with Gasteiger partial charge in [0.1, 0.15) is 0 Å². The van der Waals surface area contributed by atoms with Gasteiger partial charge in [0.05, 0.1) is 12.2 Å². The lowest BCUT2D eigenvalue weighted by molar-refractivity contribution is 0.551. The number of nitrogens with zero attached hydrogens (tertiary/aromatic N) is 4. The van der Waals surface area contributed by atoms with Crippen LogP contribution in [0.25, 0.3) is 5.65 Å². The van der Waals surface area contributed by atoms with Crippen LogP contribution in [0.5, 0.6) is 0 Å². The van der Waals surface area contributed by atoms with Gasteiger partial charge in [-0.25, -0.2) is 0 Å². The molecule has 0 saturated carbocycles. The van der Waals surface area contributed by atoms with Crippen LogP contribution in [0.4, 0.5) is 0 Å². The molecule has 0 aliphatic carbocycles. The van der Waals surface area contributed by atoms with Gasteiger partial charge < -0.3 is 5.73 Å². The Morgan fingerprint density at radius 1 is 1.27 bits per heavy atom. The van der Waals surface area contributed by atoms with Crippen molar-refractivity contribution in [1.82, 2.24) is 19.8 Å². The van der Waals surface area contributed by atoms with E-state index in [1.807, 2.05) is 12.1 Å². The summed E-state index contributed by atoms with van der Waals surface area (Å²) in [6.45, 7) is 6.71. The van der Waals surface area contributed by atoms with E-state index in [1.54, 1.807) is 4.52 Å². The Hall–Kier alpha value is -1.49. The summed E-state index contributed by atoms with van der Waals surface area (Å²) in [5.74, 6) is 0.691. The largest absolute Gasteiger partial charge is 0.324 e. The summed E-state index contributed by atoms with van der Waals surface area (Å²) in [4.78, 5) is 0. The van der Waals surface area contributed by atoms with Crippen LogP contribution in [-0.2, 0) is 12.0 Å². The molecule has 0 amide bonds. The SMILES string of the molecule is CC(C)(C)c1ccc2nnc(CN)n2n1. The second kappa shape index (κ2) is 3.27. The van der Waals surface area contributed by atoms with Crippen molar-refractivity contribution in [1.29, 1.82) is 0 Å². The van der Waals surface area contributed by atoms with E-state index in [1.165, 1.54) is 0 Å². The second-order valence-electron chi connectivity index (χ2n) is 4.56. The molecular formula is C10H15N5. The smallest absolute Gasteiger partial charge is 0.177 e. The maximum Gasteiger partial charge on any atom is 0.177 e. The van der Waals surface area contributed by atoms with Crippen molar-refractivity contribution in [3.05, 3.63) is 23.7 Å². The van der Waals surface area contributed by atoms with E-state index in [-0.39, 0.29) is 5.41 Å². The number of nitrogens with two attached hydrogens (primary N) is 1. The van der Waals surface area contributed by atoms with Gasteiger partial charge in [0, 0.05) is 5.41 Å². The van der Waals surface area contributed by atoms with E-state index >= 15 is 0 Å². The van der Waals surface area contributed by atoms with Crippen molar-refractivity contribution >= 4 is 5.65 Å². The van der Waals surface area contributed by atoms with Crippen molar-refractivity contribution < 1.29 is 0 Å². The molecule has 0 fully saturated rings. The van der Waals surface area contributed by atoms with Crippen LogP contribution in [0.2, 0.25) is 0 Å². The number of hydrogen-bond acceptors (Lipinski definition) is 4. The van der Waals surface area contributed by atoms with Gasteiger partial charge in [0.2, 0.25) is 0 Å². The highest BCUT2D eigenvalue weighted by Crippen LogP contribution is 2.19. The molecular weight excluding hydrogens is 190 g/mol. The van der Waals surface area contributed by atoms with E-state index < -0.39 is 0 Å². The van der Waals surface area contributed by atoms with Gasteiger partial charge in [-0.1, -0.05) is 20.8 Å².